The van der Waals surface area contributed by atoms with Gasteiger partial charge in [0.05, 0.1) is 10.9 Å². The summed E-state index contributed by atoms with van der Waals surface area (Å²) in [6, 6.07) is 8.37. The van der Waals surface area contributed by atoms with Crippen LogP contribution >= 0.6 is 11.6 Å². The van der Waals surface area contributed by atoms with Crippen molar-refractivity contribution in [2.75, 3.05) is 0 Å². The molecule has 0 saturated heterocycles. The van der Waals surface area contributed by atoms with Crippen LogP contribution in [0.3, 0.4) is 0 Å². The van der Waals surface area contributed by atoms with Crippen LogP contribution in [0.15, 0.2) is 53.7 Å². The third kappa shape index (κ3) is 5.02. The predicted octanol–water partition coefficient (Wildman–Crippen LogP) is 1.72. The first-order valence-electron chi connectivity index (χ1n) is 6.83. The van der Waals surface area contributed by atoms with E-state index >= 15 is 0 Å². The number of hydrogen-bond acceptors (Lipinski definition) is 4. The van der Waals surface area contributed by atoms with E-state index in [1.165, 1.54) is 31.2 Å². The number of benzene rings is 1. The zero-order valence-corrected chi connectivity index (χ0v) is 13.9. The van der Waals surface area contributed by atoms with Crippen LogP contribution in [0.1, 0.15) is 12.5 Å². The lowest BCUT2D eigenvalue weighted by molar-refractivity contribution is -0.122. The van der Waals surface area contributed by atoms with Crippen molar-refractivity contribution in [3.63, 3.8) is 0 Å². The Morgan fingerprint density at radius 2 is 1.96 bits per heavy atom. The van der Waals surface area contributed by atoms with E-state index in [0.717, 1.165) is 5.56 Å². The average molecular weight is 354 g/mol. The molecule has 0 spiro atoms. The Hall–Kier alpha value is -1.96. The summed E-state index contributed by atoms with van der Waals surface area (Å²) in [5.74, 6) is -0.425. The van der Waals surface area contributed by atoms with Gasteiger partial charge in [0.15, 0.2) is 0 Å². The van der Waals surface area contributed by atoms with Gasteiger partial charge in [0.1, 0.15) is 0 Å². The van der Waals surface area contributed by atoms with Crippen molar-refractivity contribution in [1.82, 2.24) is 15.0 Å². The standard InChI is InChI=1S/C15H16ClN3O3S/c1-11(15(20)18-10-12-3-2-8-17-9-12)19-23(21,22)14-6-4-13(16)5-7-14/h2-9,11,19H,10H2,1H3,(H,18,20)/t11-/m0/s1. The molecular weight excluding hydrogens is 338 g/mol. The Labute approximate surface area is 139 Å². The third-order valence-electron chi connectivity index (χ3n) is 3.04. The molecule has 0 aliphatic carbocycles. The van der Waals surface area contributed by atoms with E-state index in [1.54, 1.807) is 18.5 Å². The second kappa shape index (κ2) is 7.54. The van der Waals surface area contributed by atoms with E-state index < -0.39 is 22.0 Å². The van der Waals surface area contributed by atoms with E-state index in [2.05, 4.69) is 15.0 Å². The number of aromatic nitrogens is 1. The molecule has 1 aromatic carbocycles. The molecule has 8 heteroatoms. The second-order valence-electron chi connectivity index (χ2n) is 4.88. The lowest BCUT2D eigenvalue weighted by atomic mass is 10.2. The van der Waals surface area contributed by atoms with Gasteiger partial charge in [0.25, 0.3) is 0 Å². The summed E-state index contributed by atoms with van der Waals surface area (Å²) in [6.07, 6.45) is 3.26. The van der Waals surface area contributed by atoms with Gasteiger partial charge in [-0.05, 0) is 42.8 Å². The molecular formula is C15H16ClN3O3S. The first-order chi connectivity index (χ1) is 10.9. The van der Waals surface area contributed by atoms with Crippen LogP contribution in [0.4, 0.5) is 0 Å². The predicted molar refractivity (Wildman–Crippen MR) is 87.3 cm³/mol. The highest BCUT2D eigenvalue weighted by atomic mass is 35.5. The highest BCUT2D eigenvalue weighted by Crippen LogP contribution is 2.14. The number of carbonyl (C=O) groups is 1. The van der Waals surface area contributed by atoms with Crippen molar-refractivity contribution < 1.29 is 13.2 Å². The fourth-order valence-electron chi connectivity index (χ4n) is 1.81. The monoisotopic (exact) mass is 353 g/mol. The molecule has 1 atom stereocenters. The average Bonchev–Trinajstić information content (AvgIpc) is 2.53. The van der Waals surface area contributed by atoms with Crippen molar-refractivity contribution >= 4 is 27.5 Å². The number of carbonyl (C=O) groups excluding carboxylic acids is 1. The molecule has 6 nitrogen and oxygen atoms in total. The SMILES string of the molecule is C[C@H](NS(=O)(=O)c1ccc(Cl)cc1)C(=O)NCc1cccnc1. The van der Waals surface area contributed by atoms with Crippen LogP contribution in [0.5, 0.6) is 0 Å². The molecule has 23 heavy (non-hydrogen) atoms. The zero-order valence-electron chi connectivity index (χ0n) is 12.4. The Bertz CT molecular complexity index is 764. The summed E-state index contributed by atoms with van der Waals surface area (Å²) >= 11 is 5.73. The first-order valence-corrected chi connectivity index (χ1v) is 8.69. The third-order valence-corrected chi connectivity index (χ3v) is 4.85. The largest absolute Gasteiger partial charge is 0.351 e. The van der Waals surface area contributed by atoms with Gasteiger partial charge in [-0.2, -0.15) is 4.72 Å². The maximum absolute atomic E-state index is 12.2. The molecule has 2 rings (SSSR count). The van der Waals surface area contributed by atoms with Gasteiger partial charge in [0.2, 0.25) is 15.9 Å². The van der Waals surface area contributed by atoms with Crippen molar-refractivity contribution in [2.45, 2.75) is 24.4 Å². The van der Waals surface area contributed by atoms with Crippen LogP contribution in [0.2, 0.25) is 5.02 Å². The molecule has 0 aliphatic heterocycles. The van der Waals surface area contributed by atoms with Crippen LogP contribution in [-0.2, 0) is 21.4 Å². The minimum Gasteiger partial charge on any atom is -0.351 e. The maximum Gasteiger partial charge on any atom is 0.241 e. The van der Waals surface area contributed by atoms with Crippen LogP contribution in [0.25, 0.3) is 0 Å². The Balaban J connectivity index is 1.96. The second-order valence-corrected chi connectivity index (χ2v) is 7.03. The maximum atomic E-state index is 12.2. The number of halogens is 1. The molecule has 1 amide bonds. The van der Waals surface area contributed by atoms with Gasteiger partial charge in [-0.1, -0.05) is 17.7 Å². The first kappa shape index (κ1) is 17.4. The van der Waals surface area contributed by atoms with Crippen molar-refractivity contribution in [3.05, 3.63) is 59.4 Å². The summed E-state index contributed by atoms with van der Waals surface area (Å²) in [7, 11) is -3.79. The molecule has 0 unspecified atom stereocenters. The molecule has 122 valence electrons. The summed E-state index contributed by atoms with van der Waals surface area (Å²) in [5, 5.41) is 3.09. The van der Waals surface area contributed by atoms with Crippen LogP contribution in [-0.4, -0.2) is 25.4 Å². The smallest absolute Gasteiger partial charge is 0.241 e. The molecule has 0 fully saturated rings. The molecule has 0 saturated carbocycles. The fourth-order valence-corrected chi connectivity index (χ4v) is 3.14. The van der Waals surface area contributed by atoms with Gasteiger partial charge in [0, 0.05) is 24.0 Å². The molecule has 0 radical (unpaired) electrons. The highest BCUT2D eigenvalue weighted by Gasteiger charge is 2.21. The number of rotatable bonds is 6. The quantitative estimate of drug-likeness (QED) is 0.827. The molecule has 0 aliphatic rings. The molecule has 2 N–H and O–H groups in total. The van der Waals surface area contributed by atoms with E-state index in [0.29, 0.717) is 5.02 Å². The van der Waals surface area contributed by atoms with Crippen LogP contribution < -0.4 is 10.0 Å². The molecule has 1 aromatic heterocycles. The van der Waals surface area contributed by atoms with E-state index in [4.69, 9.17) is 11.6 Å². The molecule has 1 heterocycles. The van der Waals surface area contributed by atoms with Gasteiger partial charge in [-0.3, -0.25) is 9.78 Å². The van der Waals surface area contributed by atoms with Crippen molar-refractivity contribution in [3.8, 4) is 0 Å². The number of nitrogens with one attached hydrogen (secondary N) is 2. The number of pyridine rings is 1. The number of sulfonamides is 1. The van der Waals surface area contributed by atoms with E-state index in [9.17, 15) is 13.2 Å². The van der Waals surface area contributed by atoms with Gasteiger partial charge >= 0.3 is 0 Å². The van der Waals surface area contributed by atoms with E-state index in [-0.39, 0.29) is 11.4 Å². The zero-order chi connectivity index (χ0) is 16.9. The normalized spacial score (nSPS) is 12.6. The molecule has 2 aromatic rings. The molecule has 0 bridgehead atoms. The van der Waals surface area contributed by atoms with E-state index in [1.807, 2.05) is 6.07 Å². The Kier molecular flexibility index (Phi) is 5.70. The van der Waals surface area contributed by atoms with Crippen molar-refractivity contribution in [1.29, 1.82) is 0 Å². The minimum atomic E-state index is -3.79. The number of nitrogens with zero attached hydrogens (tertiary/aromatic N) is 1. The van der Waals surface area contributed by atoms with Gasteiger partial charge in [-0.15, -0.1) is 0 Å². The summed E-state index contributed by atoms with van der Waals surface area (Å²) in [4.78, 5) is 16.0. The lowest BCUT2D eigenvalue weighted by Crippen LogP contribution is -2.44. The summed E-state index contributed by atoms with van der Waals surface area (Å²) < 4.78 is 26.7. The fraction of sp³-hybridized carbons (Fsp3) is 0.200. The lowest BCUT2D eigenvalue weighted by Gasteiger charge is -2.14. The number of amides is 1. The Morgan fingerprint density at radius 1 is 1.26 bits per heavy atom. The summed E-state index contributed by atoms with van der Waals surface area (Å²) in [5.41, 5.74) is 0.827. The number of hydrogen-bond donors (Lipinski definition) is 2. The Morgan fingerprint density at radius 3 is 2.57 bits per heavy atom. The van der Waals surface area contributed by atoms with Crippen molar-refractivity contribution in [2.24, 2.45) is 0 Å². The van der Waals surface area contributed by atoms with Gasteiger partial charge in [-0.25, -0.2) is 8.42 Å². The summed E-state index contributed by atoms with van der Waals surface area (Å²) in [6.45, 7) is 1.76. The topological polar surface area (TPSA) is 88.2 Å². The highest BCUT2D eigenvalue weighted by molar-refractivity contribution is 7.89. The van der Waals surface area contributed by atoms with Gasteiger partial charge < -0.3 is 5.32 Å². The van der Waals surface area contributed by atoms with Crippen LogP contribution in [0, 0.1) is 0 Å². The minimum absolute atomic E-state index is 0.0498.